The number of aryl methyl sites for hydroxylation is 2. The highest BCUT2D eigenvalue weighted by Gasteiger charge is 2.14. The first-order valence-corrected chi connectivity index (χ1v) is 10.8. The maximum absolute atomic E-state index is 11.4. The lowest BCUT2D eigenvalue weighted by atomic mass is 10.0. The van der Waals surface area contributed by atoms with Gasteiger partial charge in [-0.25, -0.2) is 19.4 Å². The Kier molecular flexibility index (Phi) is 7.71. The van der Waals surface area contributed by atoms with Crippen LogP contribution in [0.2, 0.25) is 0 Å². The molecule has 0 radical (unpaired) electrons. The second-order valence-corrected chi connectivity index (χ2v) is 7.56. The Morgan fingerprint density at radius 3 is 2.50 bits per heavy atom. The third-order valence-electron chi connectivity index (χ3n) is 5.16. The van der Waals surface area contributed by atoms with E-state index in [1.807, 2.05) is 24.3 Å². The zero-order chi connectivity index (χ0) is 21.3. The van der Waals surface area contributed by atoms with Crippen molar-refractivity contribution >= 4 is 5.97 Å². The number of pyridine rings is 1. The molecule has 1 N–H and O–H groups in total. The molecule has 30 heavy (non-hydrogen) atoms. The van der Waals surface area contributed by atoms with Gasteiger partial charge in [-0.3, -0.25) is 0 Å². The van der Waals surface area contributed by atoms with Crippen LogP contribution in [0.5, 0.6) is 0 Å². The predicted octanol–water partition coefficient (Wildman–Crippen LogP) is 5.16. The van der Waals surface area contributed by atoms with Gasteiger partial charge in [-0.15, -0.1) is 0 Å². The molecule has 6 heteroatoms. The lowest BCUT2D eigenvalue weighted by molar-refractivity contribution is 0.0691. The zero-order valence-corrected chi connectivity index (χ0v) is 17.8. The fourth-order valence-corrected chi connectivity index (χ4v) is 3.48. The van der Waals surface area contributed by atoms with E-state index in [2.05, 4.69) is 23.5 Å². The summed E-state index contributed by atoms with van der Waals surface area (Å²) in [7, 11) is 0. The van der Waals surface area contributed by atoms with E-state index >= 15 is 0 Å². The van der Waals surface area contributed by atoms with Crippen molar-refractivity contribution in [1.82, 2.24) is 19.7 Å². The number of unbranched alkanes of at least 4 members (excludes halogenated alkanes) is 3. The molecule has 0 saturated heterocycles. The Balaban J connectivity index is 1.79. The van der Waals surface area contributed by atoms with Crippen molar-refractivity contribution in [2.24, 2.45) is 0 Å². The quantitative estimate of drug-likeness (QED) is 0.445. The minimum Gasteiger partial charge on any atom is -0.476 e. The molecule has 0 unspecified atom stereocenters. The van der Waals surface area contributed by atoms with Crippen molar-refractivity contribution in [2.75, 3.05) is 0 Å². The summed E-state index contributed by atoms with van der Waals surface area (Å²) in [6.45, 7) is 5.28. The Morgan fingerprint density at radius 2 is 1.80 bits per heavy atom. The minimum atomic E-state index is -1.02. The van der Waals surface area contributed by atoms with Gasteiger partial charge >= 0.3 is 5.97 Å². The molecule has 0 amide bonds. The summed E-state index contributed by atoms with van der Waals surface area (Å²) in [5.74, 6) is 0.911. The van der Waals surface area contributed by atoms with Crippen LogP contribution in [0.1, 0.15) is 73.7 Å². The molecule has 0 aliphatic rings. The van der Waals surface area contributed by atoms with Gasteiger partial charge in [-0.1, -0.05) is 63.4 Å². The molecule has 2 heterocycles. The van der Waals surface area contributed by atoms with Gasteiger partial charge in [0.05, 0.1) is 0 Å². The van der Waals surface area contributed by atoms with Gasteiger partial charge in [-0.05, 0) is 30.0 Å². The van der Waals surface area contributed by atoms with Gasteiger partial charge in [0.1, 0.15) is 5.82 Å². The number of hydrogen-bond acceptors (Lipinski definition) is 4. The van der Waals surface area contributed by atoms with Crippen molar-refractivity contribution in [1.29, 1.82) is 0 Å². The summed E-state index contributed by atoms with van der Waals surface area (Å²) in [5, 5.41) is 14.1. The van der Waals surface area contributed by atoms with Crippen LogP contribution in [0.3, 0.4) is 0 Å². The highest BCUT2D eigenvalue weighted by molar-refractivity contribution is 5.93. The van der Waals surface area contributed by atoms with E-state index in [4.69, 9.17) is 10.1 Å². The molecule has 6 nitrogen and oxygen atoms in total. The molecule has 1 aromatic carbocycles. The summed E-state index contributed by atoms with van der Waals surface area (Å²) in [4.78, 5) is 20.2. The molecule has 0 fully saturated rings. The molecule has 0 bridgehead atoms. The van der Waals surface area contributed by atoms with Crippen LogP contribution >= 0.6 is 0 Å². The first-order chi connectivity index (χ1) is 14.6. The van der Waals surface area contributed by atoms with Crippen molar-refractivity contribution in [3.63, 3.8) is 0 Å². The molecule has 0 spiro atoms. The van der Waals surface area contributed by atoms with E-state index in [9.17, 15) is 9.90 Å². The Labute approximate surface area is 178 Å². The second-order valence-electron chi connectivity index (χ2n) is 7.56. The molecular weight excluding hydrogens is 376 g/mol. The monoisotopic (exact) mass is 406 g/mol. The lowest BCUT2D eigenvalue weighted by Crippen LogP contribution is -2.07. The van der Waals surface area contributed by atoms with Crippen molar-refractivity contribution in [3.8, 4) is 11.1 Å². The van der Waals surface area contributed by atoms with Crippen LogP contribution < -0.4 is 0 Å². The number of hydrogen-bond donors (Lipinski definition) is 1. The number of nitrogens with zero attached hydrogens (tertiary/aromatic N) is 4. The van der Waals surface area contributed by atoms with Gasteiger partial charge in [0.2, 0.25) is 0 Å². The molecule has 0 atom stereocenters. The van der Waals surface area contributed by atoms with Crippen LogP contribution in [0.4, 0.5) is 0 Å². The Morgan fingerprint density at radius 1 is 1.03 bits per heavy atom. The topological polar surface area (TPSA) is 80.9 Å². The molecule has 0 aliphatic heterocycles. The SMILES string of the molecule is CCCCCn1nc(CCCC)nc1Cc1ccc(-c2cccnc2C(=O)O)cc1. The molecule has 158 valence electrons. The Bertz CT molecular complexity index is 964. The van der Waals surface area contributed by atoms with E-state index in [1.165, 1.54) is 19.0 Å². The van der Waals surface area contributed by atoms with Crippen LogP contribution in [0.25, 0.3) is 11.1 Å². The number of carboxylic acid groups (broad SMARTS) is 1. The first kappa shape index (κ1) is 21.7. The maximum atomic E-state index is 11.4. The van der Waals surface area contributed by atoms with E-state index in [0.29, 0.717) is 12.0 Å². The number of carboxylic acids is 1. The van der Waals surface area contributed by atoms with E-state index in [-0.39, 0.29) is 5.69 Å². The highest BCUT2D eigenvalue weighted by atomic mass is 16.4. The smallest absolute Gasteiger partial charge is 0.355 e. The average molecular weight is 407 g/mol. The summed E-state index contributed by atoms with van der Waals surface area (Å²) < 4.78 is 2.07. The third-order valence-corrected chi connectivity index (χ3v) is 5.16. The maximum Gasteiger partial charge on any atom is 0.355 e. The van der Waals surface area contributed by atoms with Crippen molar-refractivity contribution in [3.05, 3.63) is 65.5 Å². The highest BCUT2D eigenvalue weighted by Crippen LogP contribution is 2.23. The molecule has 0 saturated carbocycles. The van der Waals surface area contributed by atoms with Gasteiger partial charge < -0.3 is 5.11 Å². The molecule has 3 rings (SSSR count). The fourth-order valence-electron chi connectivity index (χ4n) is 3.48. The largest absolute Gasteiger partial charge is 0.476 e. The lowest BCUT2D eigenvalue weighted by Gasteiger charge is -2.08. The summed E-state index contributed by atoms with van der Waals surface area (Å²) in [6.07, 6.45) is 8.85. The minimum absolute atomic E-state index is 0.0708. The summed E-state index contributed by atoms with van der Waals surface area (Å²) in [5.41, 5.74) is 2.67. The van der Waals surface area contributed by atoms with E-state index < -0.39 is 5.97 Å². The molecule has 2 aromatic heterocycles. The van der Waals surface area contributed by atoms with Gasteiger partial charge in [0.25, 0.3) is 0 Å². The number of carbonyl (C=O) groups is 1. The van der Waals surface area contributed by atoms with Crippen LogP contribution in [-0.4, -0.2) is 30.8 Å². The number of aromatic carboxylic acids is 1. The predicted molar refractivity (Wildman–Crippen MR) is 118 cm³/mol. The van der Waals surface area contributed by atoms with Crippen LogP contribution in [0.15, 0.2) is 42.6 Å². The van der Waals surface area contributed by atoms with Crippen molar-refractivity contribution in [2.45, 2.75) is 65.3 Å². The first-order valence-electron chi connectivity index (χ1n) is 10.8. The molecule has 0 aliphatic carbocycles. The molecule has 3 aromatic rings. The molecular formula is C24H30N4O2. The zero-order valence-electron chi connectivity index (χ0n) is 17.8. The standard InChI is InChI=1S/C24H30N4O2/c1-3-5-7-16-28-22(26-21(27-28)10-6-4-2)17-18-11-13-19(14-12-18)20-9-8-15-25-23(20)24(29)30/h8-9,11-15H,3-7,10,16-17H2,1-2H3,(H,29,30). The number of benzene rings is 1. The second kappa shape index (κ2) is 10.7. The summed E-state index contributed by atoms with van der Waals surface area (Å²) in [6, 6.07) is 11.5. The normalized spacial score (nSPS) is 11.0. The van der Waals surface area contributed by atoms with E-state index in [0.717, 1.165) is 55.0 Å². The summed E-state index contributed by atoms with van der Waals surface area (Å²) >= 11 is 0. The third kappa shape index (κ3) is 5.53. The Hall–Kier alpha value is -3.02. The van der Waals surface area contributed by atoms with Crippen LogP contribution in [-0.2, 0) is 19.4 Å². The number of rotatable bonds is 11. The van der Waals surface area contributed by atoms with Crippen LogP contribution in [0, 0.1) is 0 Å². The van der Waals surface area contributed by atoms with Gasteiger partial charge in [0, 0.05) is 31.1 Å². The fraction of sp³-hybridized carbons (Fsp3) is 0.417. The van der Waals surface area contributed by atoms with Gasteiger partial charge in [-0.2, -0.15) is 5.10 Å². The van der Waals surface area contributed by atoms with Crippen molar-refractivity contribution < 1.29 is 9.90 Å². The average Bonchev–Trinajstić information content (AvgIpc) is 3.14. The van der Waals surface area contributed by atoms with Gasteiger partial charge in [0.15, 0.2) is 11.5 Å². The number of aromatic nitrogens is 4. The van der Waals surface area contributed by atoms with E-state index in [1.54, 1.807) is 12.1 Å².